The molecule has 18 heavy (non-hydrogen) atoms. The molecule has 1 aromatic rings. The zero-order valence-corrected chi connectivity index (χ0v) is 11.4. The average Bonchev–Trinajstić information content (AvgIpc) is 2.22. The van der Waals surface area contributed by atoms with Crippen molar-refractivity contribution in [2.24, 2.45) is 5.73 Å². The molecule has 3 N–H and O–H groups in total. The second-order valence-corrected chi connectivity index (χ2v) is 6.43. The lowest BCUT2D eigenvalue weighted by atomic mass is 10.1. The number of benzene rings is 1. The number of nitrogens with two attached hydrogens (primary N) is 1. The van der Waals surface area contributed by atoms with E-state index in [4.69, 9.17) is 5.73 Å². The monoisotopic (exact) mass is 270 g/mol. The van der Waals surface area contributed by atoms with E-state index in [9.17, 15) is 13.2 Å². The van der Waals surface area contributed by atoms with Crippen molar-refractivity contribution in [3.8, 4) is 0 Å². The van der Waals surface area contributed by atoms with Crippen molar-refractivity contribution < 1.29 is 13.2 Å². The Kier molecular flexibility index (Phi) is 4.86. The molecule has 0 heterocycles. The molecule has 0 fully saturated rings. The van der Waals surface area contributed by atoms with Gasteiger partial charge in [0.15, 0.2) is 9.84 Å². The molecule has 0 aliphatic carbocycles. The molecule has 6 heteroatoms. The minimum Gasteiger partial charge on any atom is -0.329 e. The number of nitrogens with one attached hydrogen (secondary N) is 1. The van der Waals surface area contributed by atoms with Gasteiger partial charge in [-0.3, -0.25) is 4.79 Å². The van der Waals surface area contributed by atoms with E-state index in [1.807, 2.05) is 32.0 Å². The smallest absolute Gasteiger partial charge is 0.239 e. The van der Waals surface area contributed by atoms with Crippen LogP contribution in [0.5, 0.6) is 0 Å². The molecule has 0 aromatic heterocycles. The van der Waals surface area contributed by atoms with Gasteiger partial charge < -0.3 is 11.1 Å². The fourth-order valence-electron chi connectivity index (χ4n) is 1.51. The van der Waals surface area contributed by atoms with Crippen LogP contribution >= 0.6 is 0 Å². The van der Waals surface area contributed by atoms with E-state index in [-0.39, 0.29) is 12.3 Å². The molecule has 0 aliphatic heterocycles. The molecule has 0 unspecified atom stereocenters. The van der Waals surface area contributed by atoms with Crippen LogP contribution in [0.3, 0.4) is 0 Å². The minimum absolute atomic E-state index is 0.0269. The Morgan fingerprint density at radius 1 is 1.33 bits per heavy atom. The van der Waals surface area contributed by atoms with Crippen molar-refractivity contribution >= 4 is 21.4 Å². The maximum absolute atomic E-state index is 11.6. The van der Waals surface area contributed by atoms with Crippen LogP contribution in [0.4, 0.5) is 5.69 Å². The highest BCUT2D eigenvalue weighted by atomic mass is 32.2. The first-order chi connectivity index (χ1) is 8.34. The van der Waals surface area contributed by atoms with Crippen molar-refractivity contribution in [1.29, 1.82) is 0 Å². The maximum Gasteiger partial charge on any atom is 0.239 e. The van der Waals surface area contributed by atoms with Gasteiger partial charge in [0.1, 0.15) is 5.75 Å². The number of amides is 1. The summed E-state index contributed by atoms with van der Waals surface area (Å²) in [5, 5.41) is 2.61. The summed E-state index contributed by atoms with van der Waals surface area (Å²) in [6, 6.07) is 5.61. The summed E-state index contributed by atoms with van der Waals surface area (Å²) in [7, 11) is -3.41. The first-order valence-corrected chi connectivity index (χ1v) is 7.44. The minimum atomic E-state index is -3.41. The average molecular weight is 270 g/mol. The van der Waals surface area contributed by atoms with Crippen LogP contribution in [0, 0.1) is 13.8 Å². The highest BCUT2D eigenvalue weighted by molar-refractivity contribution is 7.92. The molecule has 1 amide bonds. The Morgan fingerprint density at radius 3 is 2.61 bits per heavy atom. The summed E-state index contributed by atoms with van der Waals surface area (Å²) in [5.74, 6) is -1.23. The third-order valence-electron chi connectivity index (χ3n) is 2.45. The standard InChI is InChI=1S/C12H18N2O3S/c1-9-3-4-10(2)11(7-9)14-12(15)8-18(16,17)6-5-13/h3-4,7H,5-6,8,13H2,1-2H3,(H,14,15). The van der Waals surface area contributed by atoms with Gasteiger partial charge in [0.05, 0.1) is 5.75 Å². The van der Waals surface area contributed by atoms with Gasteiger partial charge in [0.2, 0.25) is 5.91 Å². The summed E-state index contributed by atoms with van der Waals surface area (Å²) >= 11 is 0. The Morgan fingerprint density at radius 2 is 2.00 bits per heavy atom. The lowest BCUT2D eigenvalue weighted by Gasteiger charge is -2.09. The summed E-state index contributed by atoms with van der Waals surface area (Å²) in [6.45, 7) is 3.78. The summed E-state index contributed by atoms with van der Waals surface area (Å²) in [5.41, 5.74) is 7.71. The van der Waals surface area contributed by atoms with Gasteiger partial charge in [-0.2, -0.15) is 0 Å². The van der Waals surface area contributed by atoms with Crippen LogP contribution in [0.15, 0.2) is 18.2 Å². The summed E-state index contributed by atoms with van der Waals surface area (Å²) < 4.78 is 22.9. The van der Waals surface area contributed by atoms with Crippen LogP contribution in [0.1, 0.15) is 11.1 Å². The molecular formula is C12H18N2O3S. The van der Waals surface area contributed by atoms with Crippen molar-refractivity contribution in [3.63, 3.8) is 0 Å². The Bertz CT molecular complexity index is 538. The van der Waals surface area contributed by atoms with Gasteiger partial charge in [0.25, 0.3) is 0 Å². The predicted molar refractivity (Wildman–Crippen MR) is 72.3 cm³/mol. The fraction of sp³-hybridized carbons (Fsp3) is 0.417. The molecule has 0 saturated carbocycles. The number of hydrogen-bond donors (Lipinski definition) is 2. The van der Waals surface area contributed by atoms with Gasteiger partial charge >= 0.3 is 0 Å². The predicted octanol–water partition coefficient (Wildman–Crippen LogP) is 0.615. The van der Waals surface area contributed by atoms with Crippen molar-refractivity contribution in [3.05, 3.63) is 29.3 Å². The molecule has 100 valence electrons. The maximum atomic E-state index is 11.6. The van der Waals surface area contributed by atoms with Gasteiger partial charge in [-0.15, -0.1) is 0 Å². The number of hydrogen-bond acceptors (Lipinski definition) is 4. The molecule has 1 rings (SSSR count). The van der Waals surface area contributed by atoms with E-state index >= 15 is 0 Å². The number of aryl methyl sites for hydroxylation is 2. The zero-order valence-electron chi connectivity index (χ0n) is 10.6. The van der Waals surface area contributed by atoms with E-state index in [2.05, 4.69) is 5.32 Å². The van der Waals surface area contributed by atoms with Crippen molar-refractivity contribution in [1.82, 2.24) is 0 Å². The van der Waals surface area contributed by atoms with Crippen LogP contribution in [0.2, 0.25) is 0 Å². The topological polar surface area (TPSA) is 89.3 Å². The summed E-state index contributed by atoms with van der Waals surface area (Å²) in [4.78, 5) is 11.6. The highest BCUT2D eigenvalue weighted by Gasteiger charge is 2.16. The number of anilines is 1. The molecule has 0 aliphatic rings. The van der Waals surface area contributed by atoms with Gasteiger partial charge in [-0.1, -0.05) is 12.1 Å². The largest absolute Gasteiger partial charge is 0.329 e. The van der Waals surface area contributed by atoms with Crippen LogP contribution in [-0.2, 0) is 14.6 Å². The molecule has 0 saturated heterocycles. The van der Waals surface area contributed by atoms with Gasteiger partial charge in [-0.25, -0.2) is 8.42 Å². The number of carbonyl (C=O) groups is 1. The van der Waals surface area contributed by atoms with E-state index in [0.717, 1.165) is 11.1 Å². The molecule has 0 spiro atoms. The molecule has 0 bridgehead atoms. The van der Waals surface area contributed by atoms with Crippen LogP contribution in [-0.4, -0.2) is 32.4 Å². The van der Waals surface area contributed by atoms with Crippen LogP contribution in [0.25, 0.3) is 0 Å². The molecular weight excluding hydrogens is 252 g/mol. The molecule has 1 aromatic carbocycles. The molecule has 0 atom stereocenters. The number of carbonyl (C=O) groups excluding carboxylic acids is 1. The van der Waals surface area contributed by atoms with E-state index in [1.54, 1.807) is 0 Å². The first kappa shape index (κ1) is 14.7. The SMILES string of the molecule is Cc1ccc(C)c(NC(=O)CS(=O)(=O)CCN)c1. The second kappa shape index (κ2) is 5.97. The number of rotatable bonds is 5. The third-order valence-corrected chi connectivity index (χ3v) is 4.01. The third kappa shape index (κ3) is 4.46. The lowest BCUT2D eigenvalue weighted by Crippen LogP contribution is -2.27. The van der Waals surface area contributed by atoms with Crippen molar-refractivity contribution in [2.75, 3.05) is 23.4 Å². The van der Waals surface area contributed by atoms with Crippen molar-refractivity contribution in [2.45, 2.75) is 13.8 Å². The van der Waals surface area contributed by atoms with Crippen LogP contribution < -0.4 is 11.1 Å². The quantitative estimate of drug-likeness (QED) is 0.820. The summed E-state index contributed by atoms with van der Waals surface area (Å²) in [6.07, 6.45) is 0. The Balaban J connectivity index is 2.74. The molecule has 0 radical (unpaired) electrons. The Hall–Kier alpha value is -1.40. The highest BCUT2D eigenvalue weighted by Crippen LogP contribution is 2.16. The fourth-order valence-corrected chi connectivity index (χ4v) is 2.48. The van der Waals surface area contributed by atoms with E-state index in [0.29, 0.717) is 5.69 Å². The van der Waals surface area contributed by atoms with Gasteiger partial charge in [-0.05, 0) is 31.0 Å². The van der Waals surface area contributed by atoms with E-state index < -0.39 is 21.5 Å². The normalized spacial score (nSPS) is 11.3. The first-order valence-electron chi connectivity index (χ1n) is 5.61. The van der Waals surface area contributed by atoms with E-state index in [1.165, 1.54) is 0 Å². The van der Waals surface area contributed by atoms with Gasteiger partial charge in [0, 0.05) is 12.2 Å². The second-order valence-electron chi connectivity index (χ2n) is 4.25. The molecule has 5 nitrogen and oxygen atoms in total. The Labute approximate surface area is 107 Å². The zero-order chi connectivity index (χ0) is 13.8. The lowest BCUT2D eigenvalue weighted by molar-refractivity contribution is -0.113. The number of sulfone groups is 1.